The van der Waals surface area contributed by atoms with Gasteiger partial charge in [0.2, 0.25) is 0 Å². The lowest BCUT2D eigenvalue weighted by atomic mass is 9.88. The highest BCUT2D eigenvalue weighted by molar-refractivity contribution is 6.12. The van der Waals surface area contributed by atoms with E-state index in [9.17, 15) is 0 Å². The van der Waals surface area contributed by atoms with Crippen LogP contribution < -0.4 is 4.90 Å². The molecule has 2 heteroatoms. The van der Waals surface area contributed by atoms with Crippen LogP contribution in [0.25, 0.3) is 82.4 Å². The Hall–Kier alpha value is -7.68. The predicted octanol–water partition coefficient (Wildman–Crippen LogP) is 15.6. The van der Waals surface area contributed by atoms with Crippen LogP contribution in [0.15, 0.2) is 231 Å². The van der Waals surface area contributed by atoms with E-state index in [1.54, 1.807) is 0 Å². The van der Waals surface area contributed by atoms with Gasteiger partial charge in [-0.15, -0.1) is 0 Å². The van der Waals surface area contributed by atoms with E-state index in [1.165, 1.54) is 71.2 Å². The summed E-state index contributed by atoms with van der Waals surface area (Å²) in [6, 6.07) is 83.8. The average Bonchev–Trinajstić information content (AvgIpc) is 3.63. The third-order valence-corrected chi connectivity index (χ3v) is 11.6. The second kappa shape index (κ2) is 14.1. The molecule has 0 N–H and O–H groups in total. The Morgan fingerprint density at radius 1 is 0.293 bits per heavy atom. The Balaban J connectivity index is 1.16. The molecular formula is C56H38N2. The summed E-state index contributed by atoms with van der Waals surface area (Å²) in [4.78, 5) is 2.46. The molecule has 0 aliphatic heterocycles. The highest BCUT2D eigenvalue weighted by atomic mass is 15.1. The Kier molecular flexibility index (Phi) is 8.19. The molecule has 1 aromatic heterocycles. The number of rotatable bonds is 7. The first-order valence-corrected chi connectivity index (χ1v) is 19.9. The average molecular weight is 739 g/mol. The van der Waals surface area contributed by atoms with Crippen molar-refractivity contribution in [3.8, 4) is 39.1 Å². The van der Waals surface area contributed by atoms with Crippen molar-refractivity contribution in [1.29, 1.82) is 0 Å². The van der Waals surface area contributed by atoms with E-state index < -0.39 is 0 Å². The van der Waals surface area contributed by atoms with E-state index in [-0.39, 0.29) is 0 Å². The maximum atomic E-state index is 2.46. The van der Waals surface area contributed by atoms with Gasteiger partial charge >= 0.3 is 0 Å². The lowest BCUT2D eigenvalue weighted by Crippen LogP contribution is -2.11. The first kappa shape index (κ1) is 33.6. The van der Waals surface area contributed by atoms with Crippen LogP contribution in [0.3, 0.4) is 0 Å². The molecule has 0 radical (unpaired) electrons. The van der Waals surface area contributed by atoms with Crippen LogP contribution in [0, 0.1) is 0 Å². The van der Waals surface area contributed by atoms with Gasteiger partial charge < -0.3 is 9.47 Å². The highest BCUT2D eigenvalue weighted by Gasteiger charge is 2.22. The number of hydrogen-bond donors (Lipinski definition) is 0. The molecule has 0 unspecified atom stereocenters. The lowest BCUT2D eigenvalue weighted by molar-refractivity contribution is 1.18. The summed E-state index contributed by atoms with van der Waals surface area (Å²) < 4.78 is 2.38. The van der Waals surface area contributed by atoms with E-state index in [2.05, 4.69) is 240 Å². The van der Waals surface area contributed by atoms with Crippen molar-refractivity contribution in [1.82, 2.24) is 4.57 Å². The van der Waals surface area contributed by atoms with Crippen LogP contribution in [0.4, 0.5) is 17.1 Å². The van der Waals surface area contributed by atoms with Gasteiger partial charge in [-0.25, -0.2) is 0 Å². The molecule has 0 saturated heterocycles. The monoisotopic (exact) mass is 738 g/mol. The van der Waals surface area contributed by atoms with Gasteiger partial charge in [0, 0.05) is 33.4 Å². The molecule has 0 fully saturated rings. The topological polar surface area (TPSA) is 8.17 Å². The van der Waals surface area contributed by atoms with Crippen LogP contribution in [0.5, 0.6) is 0 Å². The fourth-order valence-corrected chi connectivity index (χ4v) is 8.96. The zero-order valence-electron chi connectivity index (χ0n) is 31.8. The number of benzene rings is 10. The zero-order chi connectivity index (χ0) is 38.4. The van der Waals surface area contributed by atoms with Gasteiger partial charge in [-0.2, -0.15) is 0 Å². The summed E-state index contributed by atoms with van der Waals surface area (Å²) >= 11 is 0. The predicted molar refractivity (Wildman–Crippen MR) is 247 cm³/mol. The lowest BCUT2D eigenvalue weighted by Gasteiger charge is -2.29. The van der Waals surface area contributed by atoms with E-state index >= 15 is 0 Å². The van der Waals surface area contributed by atoms with E-state index in [4.69, 9.17) is 0 Å². The third kappa shape index (κ3) is 5.66. The number of hydrogen-bond acceptors (Lipinski definition) is 1. The molecular weight excluding hydrogens is 701 g/mol. The molecule has 11 rings (SSSR count). The number of nitrogens with zero attached hydrogens (tertiary/aromatic N) is 2. The van der Waals surface area contributed by atoms with E-state index in [1.807, 2.05) is 0 Å². The normalized spacial score (nSPS) is 11.4. The quantitative estimate of drug-likeness (QED) is 0.148. The van der Waals surface area contributed by atoms with Crippen LogP contribution in [-0.2, 0) is 0 Å². The van der Waals surface area contributed by atoms with Crippen molar-refractivity contribution >= 4 is 60.4 Å². The highest BCUT2D eigenvalue weighted by Crippen LogP contribution is 2.47. The molecule has 0 bridgehead atoms. The van der Waals surface area contributed by atoms with Gasteiger partial charge in [-0.05, 0) is 104 Å². The second-order valence-corrected chi connectivity index (χ2v) is 14.9. The van der Waals surface area contributed by atoms with Crippen molar-refractivity contribution < 1.29 is 0 Å². The first-order valence-electron chi connectivity index (χ1n) is 19.9. The molecule has 272 valence electrons. The van der Waals surface area contributed by atoms with Crippen molar-refractivity contribution in [3.63, 3.8) is 0 Å². The minimum absolute atomic E-state index is 1.10. The Morgan fingerprint density at radius 3 is 1.60 bits per heavy atom. The summed E-state index contributed by atoms with van der Waals surface area (Å²) in [6.45, 7) is 0. The molecule has 0 aliphatic carbocycles. The van der Waals surface area contributed by atoms with Crippen molar-refractivity contribution in [3.05, 3.63) is 231 Å². The SMILES string of the molecule is c1ccc(-c2ccccc2-c2ccccc2-c2ccccc2N(c2ccc3c(ccc4ccccc43)c2)c2ccc3c(c2)c2ccccc2n3-c2ccccc2)cc1. The maximum absolute atomic E-state index is 2.46. The first-order chi connectivity index (χ1) is 28.8. The molecule has 0 aliphatic rings. The molecule has 11 aromatic rings. The van der Waals surface area contributed by atoms with E-state index in [0.717, 1.165) is 28.3 Å². The number of anilines is 3. The fourth-order valence-electron chi connectivity index (χ4n) is 8.96. The number of fused-ring (bicyclic) bond motifs is 6. The van der Waals surface area contributed by atoms with Crippen molar-refractivity contribution in [2.24, 2.45) is 0 Å². The van der Waals surface area contributed by atoms with Crippen LogP contribution >= 0.6 is 0 Å². The fraction of sp³-hybridized carbons (Fsp3) is 0. The molecule has 58 heavy (non-hydrogen) atoms. The van der Waals surface area contributed by atoms with E-state index in [0.29, 0.717) is 0 Å². The molecule has 0 saturated carbocycles. The van der Waals surface area contributed by atoms with Crippen LogP contribution in [0.1, 0.15) is 0 Å². The van der Waals surface area contributed by atoms with Gasteiger partial charge in [0.25, 0.3) is 0 Å². The number of para-hydroxylation sites is 3. The summed E-state index contributed by atoms with van der Waals surface area (Å²) in [7, 11) is 0. The van der Waals surface area contributed by atoms with Gasteiger partial charge in [0.1, 0.15) is 0 Å². The Labute approximate surface area is 338 Å². The maximum Gasteiger partial charge on any atom is 0.0542 e. The molecule has 1 heterocycles. The van der Waals surface area contributed by atoms with Gasteiger partial charge in [-0.3, -0.25) is 0 Å². The summed E-state index contributed by atoms with van der Waals surface area (Å²) in [5.74, 6) is 0. The smallest absolute Gasteiger partial charge is 0.0542 e. The Bertz CT molecular complexity index is 3290. The standard InChI is InChI=1S/C56H38N2/c1-3-17-39(18-4-1)46-23-9-10-24-48(46)49-25-11-12-26-50(49)51-27-13-15-29-54(51)57(43-33-35-47-41(37-43)32-31-40-19-7-8-22-45(40)47)44-34-36-56-53(38-44)52-28-14-16-30-55(52)58(56)42-20-5-2-6-21-42/h1-38H. The third-order valence-electron chi connectivity index (χ3n) is 11.6. The molecule has 0 amide bonds. The van der Waals surface area contributed by atoms with Crippen LogP contribution in [-0.4, -0.2) is 4.57 Å². The van der Waals surface area contributed by atoms with Gasteiger partial charge in [0.15, 0.2) is 0 Å². The Morgan fingerprint density at radius 2 is 0.810 bits per heavy atom. The summed E-state index contributed by atoms with van der Waals surface area (Å²) in [5.41, 5.74) is 14.0. The van der Waals surface area contributed by atoms with Crippen LogP contribution in [0.2, 0.25) is 0 Å². The second-order valence-electron chi connectivity index (χ2n) is 14.9. The number of aromatic nitrogens is 1. The largest absolute Gasteiger partial charge is 0.310 e. The van der Waals surface area contributed by atoms with Gasteiger partial charge in [0.05, 0.1) is 16.7 Å². The minimum Gasteiger partial charge on any atom is -0.310 e. The minimum atomic E-state index is 1.10. The molecule has 10 aromatic carbocycles. The summed E-state index contributed by atoms with van der Waals surface area (Å²) in [5, 5.41) is 7.40. The summed E-state index contributed by atoms with van der Waals surface area (Å²) in [6.07, 6.45) is 0. The molecule has 2 nitrogen and oxygen atoms in total. The zero-order valence-corrected chi connectivity index (χ0v) is 31.8. The molecule has 0 atom stereocenters. The van der Waals surface area contributed by atoms with Gasteiger partial charge in [-0.1, -0.05) is 176 Å². The van der Waals surface area contributed by atoms with Crippen molar-refractivity contribution in [2.45, 2.75) is 0 Å². The van der Waals surface area contributed by atoms with Crippen molar-refractivity contribution in [2.75, 3.05) is 4.90 Å². The molecule has 0 spiro atoms.